The number of nitrogens with zero attached hydrogens (tertiary/aromatic N) is 2. The Labute approximate surface area is 152 Å². The van der Waals surface area contributed by atoms with Crippen molar-refractivity contribution >= 4 is 23.4 Å². The highest BCUT2D eigenvalue weighted by Gasteiger charge is 2.55. The molecule has 1 saturated carbocycles. The quantitative estimate of drug-likeness (QED) is 0.830. The lowest BCUT2D eigenvalue weighted by Gasteiger charge is -2.44. The minimum Gasteiger partial charge on any atom is -0.496 e. The third-order valence-electron chi connectivity index (χ3n) is 5.76. The maximum absolute atomic E-state index is 13.3. The molecule has 1 atom stereocenters. The van der Waals surface area contributed by atoms with E-state index in [9.17, 15) is 9.59 Å². The van der Waals surface area contributed by atoms with Crippen LogP contribution < -0.4 is 4.74 Å². The Morgan fingerprint density at radius 1 is 1.24 bits per heavy atom. The van der Waals surface area contributed by atoms with Crippen molar-refractivity contribution in [3.05, 3.63) is 28.8 Å². The number of hydrogen-bond acceptors (Lipinski definition) is 3. The highest BCUT2D eigenvalue weighted by atomic mass is 35.5. The summed E-state index contributed by atoms with van der Waals surface area (Å²) < 4.78 is 5.35. The van der Waals surface area contributed by atoms with E-state index in [2.05, 4.69) is 0 Å². The SMILES string of the molecule is COc1ccc(Cl)cc1C(=O)N1CCCC12CCCN(C1CC1)C2=O. The van der Waals surface area contributed by atoms with Crippen LogP contribution in [0.5, 0.6) is 5.75 Å². The molecule has 1 aromatic carbocycles. The van der Waals surface area contributed by atoms with Crippen molar-refractivity contribution in [1.29, 1.82) is 0 Å². The molecule has 25 heavy (non-hydrogen) atoms. The maximum Gasteiger partial charge on any atom is 0.258 e. The van der Waals surface area contributed by atoms with Gasteiger partial charge in [-0.05, 0) is 56.7 Å². The summed E-state index contributed by atoms with van der Waals surface area (Å²) in [6.45, 7) is 1.44. The number of ether oxygens (including phenoxy) is 1. The van der Waals surface area contributed by atoms with Gasteiger partial charge in [-0.25, -0.2) is 0 Å². The van der Waals surface area contributed by atoms with Gasteiger partial charge in [0.2, 0.25) is 5.91 Å². The Kier molecular flexibility index (Phi) is 4.14. The molecule has 1 aromatic rings. The molecule has 0 N–H and O–H groups in total. The van der Waals surface area contributed by atoms with Crippen LogP contribution in [0.2, 0.25) is 5.02 Å². The standard InChI is InChI=1S/C19H23ClN2O3/c1-25-16-7-4-13(20)12-15(16)17(23)22-11-3-9-19(22)8-2-10-21(18(19)24)14-5-6-14/h4,7,12,14H,2-3,5-6,8-11H2,1H3. The van der Waals surface area contributed by atoms with Crippen LogP contribution in [0.25, 0.3) is 0 Å². The third-order valence-corrected chi connectivity index (χ3v) is 6.00. The molecule has 0 radical (unpaired) electrons. The number of carbonyl (C=O) groups excluding carboxylic acids is 2. The lowest BCUT2D eigenvalue weighted by molar-refractivity contribution is -0.146. The van der Waals surface area contributed by atoms with Gasteiger partial charge in [-0.15, -0.1) is 0 Å². The number of carbonyl (C=O) groups is 2. The second kappa shape index (κ2) is 6.20. The van der Waals surface area contributed by atoms with Gasteiger partial charge in [-0.1, -0.05) is 11.6 Å². The van der Waals surface area contributed by atoms with Crippen molar-refractivity contribution in [2.45, 2.75) is 50.1 Å². The van der Waals surface area contributed by atoms with Gasteiger partial charge in [-0.2, -0.15) is 0 Å². The van der Waals surface area contributed by atoms with Crippen molar-refractivity contribution in [2.75, 3.05) is 20.2 Å². The van der Waals surface area contributed by atoms with Gasteiger partial charge in [0.05, 0.1) is 12.7 Å². The fraction of sp³-hybridized carbons (Fsp3) is 0.579. The van der Waals surface area contributed by atoms with Crippen LogP contribution >= 0.6 is 11.6 Å². The first kappa shape index (κ1) is 16.7. The molecule has 2 aliphatic heterocycles. The average Bonchev–Trinajstić information content (AvgIpc) is 3.37. The Morgan fingerprint density at radius 2 is 1.96 bits per heavy atom. The summed E-state index contributed by atoms with van der Waals surface area (Å²) in [5.74, 6) is 0.495. The zero-order chi connectivity index (χ0) is 17.6. The number of amides is 2. The smallest absolute Gasteiger partial charge is 0.258 e. The Hall–Kier alpha value is -1.75. The predicted molar refractivity (Wildman–Crippen MR) is 95.0 cm³/mol. The van der Waals surface area contributed by atoms with Gasteiger partial charge in [-0.3, -0.25) is 9.59 Å². The zero-order valence-electron chi connectivity index (χ0n) is 14.5. The molecule has 0 aromatic heterocycles. The highest BCUT2D eigenvalue weighted by Crippen LogP contribution is 2.43. The minimum atomic E-state index is -0.675. The molecule has 0 bridgehead atoms. The second-order valence-electron chi connectivity index (χ2n) is 7.27. The Bertz CT molecular complexity index is 719. The van der Waals surface area contributed by atoms with E-state index >= 15 is 0 Å². The lowest BCUT2D eigenvalue weighted by Crippen LogP contribution is -2.61. The number of rotatable bonds is 3. The van der Waals surface area contributed by atoms with Crippen LogP contribution in [0, 0.1) is 0 Å². The Morgan fingerprint density at radius 3 is 2.64 bits per heavy atom. The number of hydrogen-bond donors (Lipinski definition) is 0. The summed E-state index contributed by atoms with van der Waals surface area (Å²) >= 11 is 6.10. The molecule has 4 rings (SSSR count). The minimum absolute atomic E-state index is 0.146. The van der Waals surface area contributed by atoms with Crippen LogP contribution in [-0.4, -0.2) is 53.4 Å². The van der Waals surface area contributed by atoms with Gasteiger partial charge in [0.25, 0.3) is 5.91 Å². The summed E-state index contributed by atoms with van der Waals surface area (Å²) in [6, 6.07) is 5.44. The molecule has 5 nitrogen and oxygen atoms in total. The number of benzene rings is 1. The highest BCUT2D eigenvalue weighted by molar-refractivity contribution is 6.31. The maximum atomic E-state index is 13.3. The van der Waals surface area contributed by atoms with Crippen LogP contribution in [0.3, 0.4) is 0 Å². The number of halogens is 1. The first-order chi connectivity index (χ1) is 12.1. The van der Waals surface area contributed by atoms with E-state index in [0.717, 1.165) is 45.1 Å². The number of likely N-dealkylation sites (tertiary alicyclic amines) is 2. The largest absolute Gasteiger partial charge is 0.496 e. The van der Waals surface area contributed by atoms with E-state index in [1.54, 1.807) is 30.2 Å². The van der Waals surface area contributed by atoms with Crippen molar-refractivity contribution in [3.8, 4) is 5.75 Å². The second-order valence-corrected chi connectivity index (χ2v) is 7.71. The topological polar surface area (TPSA) is 49.9 Å². The molecule has 2 amide bonds. The van der Waals surface area contributed by atoms with Crippen molar-refractivity contribution in [3.63, 3.8) is 0 Å². The van der Waals surface area contributed by atoms with Crippen molar-refractivity contribution < 1.29 is 14.3 Å². The molecule has 1 unspecified atom stereocenters. The predicted octanol–water partition coefficient (Wildman–Crippen LogP) is 3.11. The molecule has 1 aliphatic carbocycles. The number of methoxy groups -OCH3 is 1. The molecular formula is C19H23ClN2O3. The van der Waals surface area contributed by atoms with Crippen molar-refractivity contribution in [2.24, 2.45) is 0 Å². The molecule has 3 aliphatic rings. The molecule has 6 heteroatoms. The monoisotopic (exact) mass is 362 g/mol. The summed E-state index contributed by atoms with van der Waals surface area (Å²) in [6.07, 6.45) is 5.51. The van der Waals surface area contributed by atoms with E-state index in [4.69, 9.17) is 16.3 Å². The van der Waals surface area contributed by atoms with E-state index in [1.807, 2.05) is 4.90 Å². The normalized spacial score (nSPS) is 26.4. The van der Waals surface area contributed by atoms with E-state index in [0.29, 0.717) is 28.9 Å². The van der Waals surface area contributed by atoms with Crippen LogP contribution in [0.15, 0.2) is 18.2 Å². The van der Waals surface area contributed by atoms with E-state index in [1.165, 1.54) is 0 Å². The van der Waals surface area contributed by atoms with E-state index in [-0.39, 0.29) is 11.8 Å². The summed E-state index contributed by atoms with van der Waals surface area (Å²) in [4.78, 5) is 30.4. The van der Waals surface area contributed by atoms with Gasteiger partial charge >= 0.3 is 0 Å². The van der Waals surface area contributed by atoms with Crippen LogP contribution in [0.4, 0.5) is 0 Å². The summed E-state index contributed by atoms with van der Waals surface area (Å²) in [7, 11) is 1.54. The molecular weight excluding hydrogens is 340 g/mol. The van der Waals surface area contributed by atoms with E-state index < -0.39 is 5.54 Å². The van der Waals surface area contributed by atoms with Crippen LogP contribution in [-0.2, 0) is 4.79 Å². The van der Waals surface area contributed by atoms with Crippen molar-refractivity contribution in [1.82, 2.24) is 9.80 Å². The molecule has 2 heterocycles. The fourth-order valence-electron chi connectivity index (χ4n) is 4.40. The van der Waals surface area contributed by atoms with Gasteiger partial charge in [0.1, 0.15) is 11.3 Å². The Balaban J connectivity index is 1.68. The molecule has 134 valence electrons. The first-order valence-electron chi connectivity index (χ1n) is 9.03. The van der Waals surface area contributed by atoms with Gasteiger partial charge < -0.3 is 14.5 Å². The van der Waals surface area contributed by atoms with Gasteiger partial charge in [0.15, 0.2) is 0 Å². The fourth-order valence-corrected chi connectivity index (χ4v) is 4.57. The summed E-state index contributed by atoms with van der Waals surface area (Å²) in [5, 5.41) is 0.493. The average molecular weight is 363 g/mol. The van der Waals surface area contributed by atoms with Crippen LogP contribution in [0.1, 0.15) is 48.9 Å². The van der Waals surface area contributed by atoms with Gasteiger partial charge in [0, 0.05) is 24.2 Å². The summed E-state index contributed by atoms with van der Waals surface area (Å²) in [5.41, 5.74) is -0.238. The third kappa shape index (κ3) is 2.69. The lowest BCUT2D eigenvalue weighted by atomic mass is 9.85. The first-order valence-corrected chi connectivity index (χ1v) is 9.41. The molecule has 1 spiro atoms. The number of piperidine rings is 1. The molecule has 2 saturated heterocycles. The molecule has 3 fully saturated rings. The zero-order valence-corrected chi connectivity index (χ0v) is 15.2.